The molecule has 4 nitrogen and oxygen atoms in total. The quantitative estimate of drug-likeness (QED) is 0.791. The van der Waals surface area contributed by atoms with Gasteiger partial charge in [0, 0.05) is 0 Å². The summed E-state index contributed by atoms with van der Waals surface area (Å²) in [5, 5.41) is 0. The number of piperidine rings is 1. The molecule has 1 aliphatic heterocycles. The highest BCUT2D eigenvalue weighted by atomic mass is 16.5. The second-order valence-corrected chi connectivity index (χ2v) is 5.99. The highest BCUT2D eigenvalue weighted by Crippen LogP contribution is 2.30. The van der Waals surface area contributed by atoms with Crippen LogP contribution in [0.3, 0.4) is 0 Å². The molecule has 1 aromatic heterocycles. The van der Waals surface area contributed by atoms with E-state index in [2.05, 4.69) is 30.4 Å². The average molecular weight is 279 g/mol. The number of hydrogen-bond acceptors (Lipinski definition) is 4. The number of methoxy groups -OCH3 is 1. The Balaban J connectivity index is 1.96. The number of likely N-dealkylation sites (tertiary alicyclic amines) is 1. The van der Waals surface area contributed by atoms with Crippen LogP contribution in [0, 0.1) is 11.8 Å². The van der Waals surface area contributed by atoms with Crippen molar-refractivity contribution in [1.82, 2.24) is 4.90 Å². The molecule has 0 aliphatic carbocycles. The van der Waals surface area contributed by atoms with Crippen molar-refractivity contribution >= 4 is 5.97 Å². The van der Waals surface area contributed by atoms with Crippen LogP contribution in [0.15, 0.2) is 16.5 Å². The Morgan fingerprint density at radius 2 is 1.95 bits per heavy atom. The van der Waals surface area contributed by atoms with Gasteiger partial charge in [0.15, 0.2) is 0 Å². The number of carbonyl (C=O) groups excluding carboxylic acids is 1. The van der Waals surface area contributed by atoms with E-state index in [-0.39, 0.29) is 11.8 Å². The van der Waals surface area contributed by atoms with Gasteiger partial charge in [-0.25, -0.2) is 4.79 Å². The van der Waals surface area contributed by atoms with E-state index in [1.165, 1.54) is 20.0 Å². The number of esters is 1. The smallest absolute Gasteiger partial charge is 0.373 e. The van der Waals surface area contributed by atoms with Crippen LogP contribution in [-0.2, 0) is 4.74 Å². The fourth-order valence-corrected chi connectivity index (χ4v) is 2.94. The first-order chi connectivity index (χ1) is 9.52. The van der Waals surface area contributed by atoms with Crippen molar-refractivity contribution in [3.63, 3.8) is 0 Å². The van der Waals surface area contributed by atoms with Gasteiger partial charge in [-0.3, -0.25) is 4.90 Å². The van der Waals surface area contributed by atoms with Gasteiger partial charge >= 0.3 is 5.97 Å². The van der Waals surface area contributed by atoms with Crippen LogP contribution in [0.5, 0.6) is 0 Å². The summed E-state index contributed by atoms with van der Waals surface area (Å²) in [6.45, 7) is 8.93. The lowest BCUT2D eigenvalue weighted by atomic mass is 9.86. The first kappa shape index (κ1) is 15.1. The van der Waals surface area contributed by atoms with Crippen molar-refractivity contribution < 1.29 is 13.9 Å². The zero-order chi connectivity index (χ0) is 14.7. The number of ether oxygens (including phenoxy) is 1. The van der Waals surface area contributed by atoms with Crippen LogP contribution in [0.25, 0.3) is 0 Å². The zero-order valence-corrected chi connectivity index (χ0v) is 12.9. The Labute approximate surface area is 121 Å². The molecule has 4 heteroatoms. The maximum absolute atomic E-state index is 11.4. The topological polar surface area (TPSA) is 42.7 Å². The van der Waals surface area contributed by atoms with Crippen molar-refractivity contribution in [1.29, 1.82) is 0 Å². The van der Waals surface area contributed by atoms with E-state index >= 15 is 0 Å². The number of hydrogen-bond donors (Lipinski definition) is 0. The van der Waals surface area contributed by atoms with Gasteiger partial charge in [-0.15, -0.1) is 0 Å². The van der Waals surface area contributed by atoms with Gasteiger partial charge in [-0.1, -0.05) is 13.8 Å². The zero-order valence-electron chi connectivity index (χ0n) is 12.9. The van der Waals surface area contributed by atoms with E-state index < -0.39 is 5.97 Å². The van der Waals surface area contributed by atoms with Gasteiger partial charge in [0.05, 0.1) is 13.2 Å². The molecule has 1 aliphatic rings. The molecule has 0 amide bonds. The van der Waals surface area contributed by atoms with E-state index in [0.717, 1.165) is 30.7 Å². The summed E-state index contributed by atoms with van der Waals surface area (Å²) >= 11 is 0. The van der Waals surface area contributed by atoms with Gasteiger partial charge in [0.1, 0.15) is 5.76 Å². The summed E-state index contributed by atoms with van der Waals surface area (Å²) in [5.41, 5.74) is 0. The molecular weight excluding hydrogens is 254 g/mol. The minimum Gasteiger partial charge on any atom is -0.463 e. The monoisotopic (exact) mass is 279 g/mol. The highest BCUT2D eigenvalue weighted by Gasteiger charge is 2.27. The molecule has 1 fully saturated rings. The van der Waals surface area contributed by atoms with Crippen LogP contribution in [0.1, 0.15) is 56.0 Å². The molecule has 0 radical (unpaired) electrons. The van der Waals surface area contributed by atoms with E-state index in [1.54, 1.807) is 6.07 Å². The van der Waals surface area contributed by atoms with E-state index in [1.807, 2.05) is 6.07 Å². The average Bonchev–Trinajstić information content (AvgIpc) is 2.95. The summed E-state index contributed by atoms with van der Waals surface area (Å²) in [5.74, 6) is 2.31. The Hall–Kier alpha value is -1.29. The maximum atomic E-state index is 11.4. The molecule has 2 rings (SSSR count). The third kappa shape index (κ3) is 3.23. The third-order valence-electron chi connectivity index (χ3n) is 4.49. The molecule has 1 atom stereocenters. The van der Waals surface area contributed by atoms with Crippen LogP contribution in [0.2, 0.25) is 0 Å². The van der Waals surface area contributed by atoms with Gasteiger partial charge in [0.2, 0.25) is 5.76 Å². The summed E-state index contributed by atoms with van der Waals surface area (Å²) in [6.07, 6.45) is 2.49. The van der Waals surface area contributed by atoms with Crippen LogP contribution in [-0.4, -0.2) is 31.1 Å². The lowest BCUT2D eigenvalue weighted by molar-refractivity contribution is 0.0555. The van der Waals surface area contributed by atoms with Crippen molar-refractivity contribution in [2.24, 2.45) is 11.8 Å². The van der Waals surface area contributed by atoms with Gasteiger partial charge in [0.25, 0.3) is 0 Å². The Kier molecular flexibility index (Phi) is 4.86. The van der Waals surface area contributed by atoms with E-state index in [0.29, 0.717) is 0 Å². The first-order valence-electron chi connectivity index (χ1n) is 7.45. The van der Waals surface area contributed by atoms with Crippen molar-refractivity contribution in [2.45, 2.75) is 39.7 Å². The molecule has 1 saturated heterocycles. The minimum absolute atomic E-state index is 0.210. The summed E-state index contributed by atoms with van der Waals surface area (Å²) in [6, 6.07) is 3.78. The van der Waals surface area contributed by atoms with Gasteiger partial charge in [-0.2, -0.15) is 0 Å². The molecule has 0 bridgehead atoms. The second-order valence-electron chi connectivity index (χ2n) is 5.99. The largest absolute Gasteiger partial charge is 0.463 e. The maximum Gasteiger partial charge on any atom is 0.373 e. The number of rotatable bonds is 4. The summed E-state index contributed by atoms with van der Waals surface area (Å²) < 4.78 is 10.3. The Morgan fingerprint density at radius 1 is 1.30 bits per heavy atom. The van der Waals surface area contributed by atoms with Crippen molar-refractivity contribution in [3.8, 4) is 0 Å². The predicted octanol–water partition coefficient (Wildman–Crippen LogP) is 3.50. The van der Waals surface area contributed by atoms with Crippen LogP contribution < -0.4 is 0 Å². The van der Waals surface area contributed by atoms with Gasteiger partial charge in [-0.05, 0) is 56.8 Å². The van der Waals surface area contributed by atoms with Crippen LogP contribution in [0.4, 0.5) is 0 Å². The molecule has 2 heterocycles. The molecule has 0 saturated carbocycles. The number of carbonyl (C=O) groups is 1. The SMILES string of the molecule is COC(=O)c1ccc(C(C)N2CCC(C(C)C)CC2)o1. The molecule has 0 aromatic carbocycles. The van der Waals surface area contributed by atoms with Crippen molar-refractivity contribution in [3.05, 3.63) is 23.7 Å². The van der Waals surface area contributed by atoms with E-state index in [4.69, 9.17) is 4.42 Å². The Morgan fingerprint density at radius 3 is 2.50 bits per heavy atom. The minimum atomic E-state index is -0.415. The molecule has 1 aromatic rings. The molecule has 20 heavy (non-hydrogen) atoms. The van der Waals surface area contributed by atoms with Crippen LogP contribution >= 0.6 is 0 Å². The fourth-order valence-electron chi connectivity index (χ4n) is 2.94. The predicted molar refractivity (Wildman–Crippen MR) is 77.6 cm³/mol. The summed E-state index contributed by atoms with van der Waals surface area (Å²) in [7, 11) is 1.37. The second kappa shape index (κ2) is 6.44. The standard InChI is InChI=1S/C16H25NO3/c1-11(2)13-7-9-17(10-8-13)12(3)14-5-6-15(20-14)16(18)19-4/h5-6,11-13H,7-10H2,1-4H3. The molecule has 0 spiro atoms. The highest BCUT2D eigenvalue weighted by molar-refractivity contribution is 5.86. The van der Waals surface area contributed by atoms with Gasteiger partial charge < -0.3 is 9.15 Å². The Bertz CT molecular complexity index is 444. The van der Waals surface area contributed by atoms with E-state index in [9.17, 15) is 4.79 Å². The first-order valence-corrected chi connectivity index (χ1v) is 7.45. The molecule has 0 N–H and O–H groups in total. The normalized spacial score (nSPS) is 19.2. The lowest BCUT2D eigenvalue weighted by Gasteiger charge is -2.36. The molecule has 1 unspecified atom stereocenters. The number of nitrogens with zero attached hydrogens (tertiary/aromatic N) is 1. The number of furan rings is 1. The third-order valence-corrected chi connectivity index (χ3v) is 4.49. The molecular formula is C16H25NO3. The lowest BCUT2D eigenvalue weighted by Crippen LogP contribution is -2.36. The molecule has 112 valence electrons. The van der Waals surface area contributed by atoms with Crippen molar-refractivity contribution in [2.75, 3.05) is 20.2 Å². The fraction of sp³-hybridized carbons (Fsp3) is 0.688. The summed E-state index contributed by atoms with van der Waals surface area (Å²) in [4.78, 5) is 13.8.